The first-order valence-electron chi connectivity index (χ1n) is 17.8. The molecule has 1 aliphatic heterocycles. The van der Waals surface area contributed by atoms with Crippen LogP contribution in [0.25, 0.3) is 0 Å². The third-order valence-corrected chi connectivity index (χ3v) is 11.2. The number of carbonyl (C=O) groups is 2. The van der Waals surface area contributed by atoms with E-state index in [-0.39, 0.29) is 35.3 Å². The number of benzene rings is 1. The second kappa shape index (κ2) is 15.8. The number of hydrogen-bond donors (Lipinski definition) is 0. The Kier molecular flexibility index (Phi) is 11.5. The first-order valence-corrected chi connectivity index (χ1v) is 18.2. The zero-order valence-corrected chi connectivity index (χ0v) is 30.3. The highest BCUT2D eigenvalue weighted by Crippen LogP contribution is 2.61. The van der Waals surface area contributed by atoms with Gasteiger partial charge in [0, 0.05) is 0 Å². The number of aromatic nitrogens is 3. The van der Waals surface area contributed by atoms with E-state index in [1.54, 1.807) is 35.7 Å². The van der Waals surface area contributed by atoms with Gasteiger partial charge in [-0.3, -0.25) is 14.5 Å². The van der Waals surface area contributed by atoms with E-state index in [4.69, 9.17) is 36.4 Å². The van der Waals surface area contributed by atoms with Crippen molar-refractivity contribution in [3.63, 3.8) is 0 Å². The Hall–Kier alpha value is -3.65. The minimum Gasteiger partial charge on any atom is -0.463 e. The quantitative estimate of drug-likeness (QED) is 0.119. The lowest BCUT2D eigenvalue weighted by Gasteiger charge is -2.56. The predicted molar refractivity (Wildman–Crippen MR) is 185 cm³/mol. The second-order valence-electron chi connectivity index (χ2n) is 15.0. The van der Waals surface area contributed by atoms with Crippen LogP contribution in [0.5, 0.6) is 0 Å². The van der Waals surface area contributed by atoms with Gasteiger partial charge in [-0.1, -0.05) is 5.21 Å². The Morgan fingerprint density at radius 1 is 0.981 bits per heavy atom. The standard InChI is InChI=1S/C36H45F3N6O6S/c1-34(2)32(47)45(29-4-3-27(21-40)30(16-29)36(37,38)39)33(52)44(34)23-28-22-43(42-41-28)5-6-48-7-8-49-9-10-50-11-12-51-31(46)20-35-17-24-13-25(18-35)15-26(14-24)19-35/h3-4,16,22,24-26H,5-15,17-20,23H2,1-2H3. The van der Waals surface area contributed by atoms with Crippen molar-refractivity contribution in [2.24, 2.45) is 23.2 Å². The molecule has 4 aliphatic carbocycles. The first kappa shape index (κ1) is 38.1. The number of rotatable bonds is 17. The Bertz CT molecular complexity index is 1640. The van der Waals surface area contributed by atoms with Crippen molar-refractivity contribution in [3.8, 4) is 6.07 Å². The van der Waals surface area contributed by atoms with Crippen LogP contribution in [-0.4, -0.2) is 88.7 Å². The van der Waals surface area contributed by atoms with E-state index in [1.165, 1.54) is 44.6 Å². The SMILES string of the molecule is CC1(C)C(=O)N(c2ccc(C#N)c(C(F)(F)F)c2)C(=S)N1Cc1cn(CCOCCOCCOCCOC(=O)CC23CC4CC(CC(C4)C2)C3)nn1. The van der Waals surface area contributed by atoms with Crippen LogP contribution in [0.3, 0.4) is 0 Å². The van der Waals surface area contributed by atoms with Gasteiger partial charge in [0.05, 0.1) is 88.2 Å². The Morgan fingerprint density at radius 2 is 1.58 bits per heavy atom. The van der Waals surface area contributed by atoms with Gasteiger partial charge in [-0.2, -0.15) is 18.4 Å². The van der Waals surface area contributed by atoms with Crippen molar-refractivity contribution in [1.82, 2.24) is 19.9 Å². The van der Waals surface area contributed by atoms with Crippen LogP contribution in [-0.2, 0) is 47.8 Å². The monoisotopic (exact) mass is 746 g/mol. The normalized spacial score (nSPS) is 24.9. The molecule has 16 heteroatoms. The van der Waals surface area contributed by atoms with E-state index in [9.17, 15) is 22.8 Å². The molecule has 7 rings (SSSR count). The first-order chi connectivity index (χ1) is 24.8. The number of carbonyl (C=O) groups excluding carboxylic acids is 2. The van der Waals surface area contributed by atoms with Crippen LogP contribution in [0.4, 0.5) is 18.9 Å². The number of hydrogen-bond acceptors (Lipinski definition) is 10. The van der Waals surface area contributed by atoms with Gasteiger partial charge in [-0.05, 0) is 106 Å². The van der Waals surface area contributed by atoms with Gasteiger partial charge in [0.25, 0.3) is 5.91 Å². The highest BCUT2D eigenvalue weighted by Gasteiger charge is 2.52. The predicted octanol–water partition coefficient (Wildman–Crippen LogP) is 5.28. The number of thiocarbonyl (C=S) groups is 1. The second-order valence-corrected chi connectivity index (χ2v) is 15.4. The maximum absolute atomic E-state index is 13.6. The van der Waals surface area contributed by atoms with Crippen molar-refractivity contribution < 1.29 is 41.7 Å². The van der Waals surface area contributed by atoms with Gasteiger partial charge in [0.2, 0.25) is 0 Å². The molecule has 0 radical (unpaired) electrons. The fourth-order valence-electron chi connectivity index (χ4n) is 8.79. The van der Waals surface area contributed by atoms with E-state index in [0.29, 0.717) is 58.3 Å². The number of halogens is 3. The maximum atomic E-state index is 13.6. The van der Waals surface area contributed by atoms with E-state index >= 15 is 0 Å². The van der Waals surface area contributed by atoms with E-state index < -0.39 is 28.7 Å². The average Bonchev–Trinajstić information content (AvgIpc) is 3.59. The molecule has 1 amide bonds. The molecule has 2 aromatic rings. The van der Waals surface area contributed by atoms with Gasteiger partial charge in [0.15, 0.2) is 5.11 Å². The number of nitriles is 1. The summed E-state index contributed by atoms with van der Waals surface area (Å²) in [7, 11) is 0. The fourth-order valence-corrected chi connectivity index (χ4v) is 9.27. The molecule has 52 heavy (non-hydrogen) atoms. The Morgan fingerprint density at radius 3 is 2.17 bits per heavy atom. The fraction of sp³-hybridized carbons (Fsp3) is 0.667. The molecule has 1 aromatic heterocycles. The van der Waals surface area contributed by atoms with Crippen LogP contribution in [0.1, 0.15) is 75.6 Å². The number of amides is 1. The van der Waals surface area contributed by atoms with Crippen molar-refractivity contribution in [3.05, 3.63) is 41.2 Å². The number of ether oxygens (including phenoxy) is 4. The van der Waals surface area contributed by atoms with Gasteiger partial charge in [0.1, 0.15) is 17.8 Å². The lowest BCUT2D eigenvalue weighted by Crippen LogP contribution is -2.47. The summed E-state index contributed by atoms with van der Waals surface area (Å²) in [6.45, 7) is 6.20. The Labute approximate surface area is 306 Å². The smallest absolute Gasteiger partial charge is 0.417 e. The molecule has 4 saturated carbocycles. The van der Waals surface area contributed by atoms with Crippen molar-refractivity contribution >= 4 is 34.9 Å². The number of anilines is 1. The van der Waals surface area contributed by atoms with Gasteiger partial charge in [-0.25, -0.2) is 4.68 Å². The van der Waals surface area contributed by atoms with Gasteiger partial charge >= 0.3 is 12.1 Å². The van der Waals surface area contributed by atoms with Crippen LogP contribution in [0.2, 0.25) is 0 Å². The summed E-state index contributed by atoms with van der Waals surface area (Å²) in [6, 6.07) is 4.61. The zero-order valence-electron chi connectivity index (χ0n) is 29.5. The summed E-state index contributed by atoms with van der Waals surface area (Å²) >= 11 is 5.55. The molecule has 5 aliphatic rings. The van der Waals surface area contributed by atoms with Crippen molar-refractivity contribution in [2.75, 3.05) is 51.1 Å². The molecule has 0 spiro atoms. The summed E-state index contributed by atoms with van der Waals surface area (Å²) in [5.41, 5.74) is -2.26. The van der Waals surface area contributed by atoms with E-state index in [1.807, 2.05) is 0 Å². The van der Waals surface area contributed by atoms with Crippen LogP contribution < -0.4 is 4.90 Å². The molecule has 0 atom stereocenters. The lowest BCUT2D eigenvalue weighted by molar-refractivity contribution is -0.153. The maximum Gasteiger partial charge on any atom is 0.417 e. The van der Waals surface area contributed by atoms with Crippen LogP contribution in [0, 0.1) is 34.5 Å². The molecule has 282 valence electrons. The summed E-state index contributed by atoms with van der Waals surface area (Å²) in [5.74, 6) is 1.84. The molecular weight excluding hydrogens is 701 g/mol. The van der Waals surface area contributed by atoms with Gasteiger partial charge in [-0.15, -0.1) is 5.10 Å². The zero-order chi connectivity index (χ0) is 37.1. The third kappa shape index (κ3) is 8.59. The van der Waals surface area contributed by atoms with Crippen LogP contribution >= 0.6 is 12.2 Å². The minimum absolute atomic E-state index is 0.0157. The summed E-state index contributed by atoms with van der Waals surface area (Å²) < 4.78 is 64.6. The summed E-state index contributed by atoms with van der Waals surface area (Å²) in [6.07, 6.45) is 5.10. The van der Waals surface area contributed by atoms with Crippen molar-refractivity contribution in [2.45, 2.75) is 83.6 Å². The molecule has 4 bridgehead atoms. The molecule has 5 fully saturated rings. The largest absolute Gasteiger partial charge is 0.463 e. The average molecular weight is 747 g/mol. The third-order valence-electron chi connectivity index (χ3n) is 10.8. The van der Waals surface area contributed by atoms with Gasteiger partial charge < -0.3 is 23.8 Å². The number of alkyl halides is 3. The molecule has 2 heterocycles. The summed E-state index contributed by atoms with van der Waals surface area (Å²) in [4.78, 5) is 28.5. The molecular formula is C36H45F3N6O6S. The highest BCUT2D eigenvalue weighted by molar-refractivity contribution is 7.80. The molecule has 12 nitrogen and oxygen atoms in total. The molecule has 1 aromatic carbocycles. The number of nitrogens with zero attached hydrogens (tertiary/aromatic N) is 6. The molecule has 0 N–H and O–H groups in total. The number of esters is 1. The topological polar surface area (TPSA) is 132 Å². The van der Waals surface area contributed by atoms with E-state index in [0.717, 1.165) is 34.8 Å². The minimum atomic E-state index is -4.78. The highest BCUT2D eigenvalue weighted by atomic mass is 32.1. The summed E-state index contributed by atoms with van der Waals surface area (Å²) in [5, 5.41) is 17.4. The lowest BCUT2D eigenvalue weighted by atomic mass is 9.49. The van der Waals surface area contributed by atoms with Crippen molar-refractivity contribution in [1.29, 1.82) is 5.26 Å². The Balaban J connectivity index is 0.837. The van der Waals surface area contributed by atoms with E-state index in [2.05, 4.69) is 10.3 Å². The van der Waals surface area contributed by atoms with Crippen LogP contribution in [0.15, 0.2) is 24.4 Å². The molecule has 1 saturated heterocycles. The molecule has 0 unspecified atom stereocenters.